The van der Waals surface area contributed by atoms with Gasteiger partial charge in [0.15, 0.2) is 5.78 Å². The van der Waals surface area contributed by atoms with Crippen molar-refractivity contribution in [3.8, 4) is 0 Å². The van der Waals surface area contributed by atoms with Gasteiger partial charge in [0.1, 0.15) is 10.9 Å². The standard InChI is InChI=1S/C25H27N3O2S/c1-17(24(29)20-10-9-18-5-4-6-19(18)15-20)31-25-21-7-2-3-8-22(21)26-23(27-25)16-28-11-13-30-14-12-28/h2-3,7-10,15,17H,4-6,11-14,16H2,1H3. The van der Waals surface area contributed by atoms with Crippen molar-refractivity contribution in [2.75, 3.05) is 26.3 Å². The highest BCUT2D eigenvalue weighted by molar-refractivity contribution is 8.00. The van der Waals surface area contributed by atoms with Crippen molar-refractivity contribution >= 4 is 28.4 Å². The van der Waals surface area contributed by atoms with Gasteiger partial charge in [-0.2, -0.15) is 0 Å². The van der Waals surface area contributed by atoms with Crippen LogP contribution in [0.4, 0.5) is 0 Å². The third-order valence-electron chi connectivity index (χ3n) is 6.12. The number of carbonyl (C=O) groups is 1. The molecule has 5 rings (SSSR count). The molecule has 31 heavy (non-hydrogen) atoms. The number of aryl methyl sites for hydroxylation is 2. The molecule has 0 bridgehead atoms. The zero-order valence-corrected chi connectivity index (χ0v) is 18.7. The molecule has 0 radical (unpaired) electrons. The average molecular weight is 434 g/mol. The van der Waals surface area contributed by atoms with Crippen molar-refractivity contribution in [3.05, 3.63) is 65.0 Å². The highest BCUT2D eigenvalue weighted by Crippen LogP contribution is 2.31. The highest BCUT2D eigenvalue weighted by atomic mass is 32.2. The van der Waals surface area contributed by atoms with Crippen LogP contribution in [0, 0.1) is 0 Å². The van der Waals surface area contributed by atoms with Crippen LogP contribution < -0.4 is 0 Å². The van der Waals surface area contributed by atoms with Crippen molar-refractivity contribution in [1.82, 2.24) is 14.9 Å². The number of Topliss-reactive ketones (excluding diaryl/α,β-unsaturated/α-hetero) is 1. The van der Waals surface area contributed by atoms with Gasteiger partial charge in [0.05, 0.1) is 30.5 Å². The number of rotatable bonds is 6. The first-order chi connectivity index (χ1) is 15.2. The number of aromatic nitrogens is 2. The molecule has 1 fully saturated rings. The summed E-state index contributed by atoms with van der Waals surface area (Å²) in [6.07, 6.45) is 3.41. The molecule has 2 heterocycles. The van der Waals surface area contributed by atoms with E-state index < -0.39 is 0 Å². The van der Waals surface area contributed by atoms with E-state index in [-0.39, 0.29) is 11.0 Å². The summed E-state index contributed by atoms with van der Waals surface area (Å²) in [4.78, 5) is 25.2. The SMILES string of the molecule is CC(Sc1nc(CN2CCOCC2)nc2ccccc12)C(=O)c1ccc2c(c1)CCC2. The minimum atomic E-state index is -0.214. The summed E-state index contributed by atoms with van der Waals surface area (Å²) >= 11 is 1.54. The lowest BCUT2D eigenvalue weighted by Gasteiger charge is -2.26. The Morgan fingerprint density at radius 1 is 1.10 bits per heavy atom. The van der Waals surface area contributed by atoms with E-state index in [0.29, 0.717) is 6.54 Å². The monoisotopic (exact) mass is 433 g/mol. The quantitative estimate of drug-likeness (QED) is 0.328. The molecule has 2 aliphatic rings. The van der Waals surface area contributed by atoms with Gasteiger partial charge in [0.25, 0.3) is 0 Å². The molecule has 0 saturated carbocycles. The molecule has 0 N–H and O–H groups in total. The number of benzene rings is 2. The van der Waals surface area contributed by atoms with Crippen molar-refractivity contribution < 1.29 is 9.53 Å². The second-order valence-corrected chi connectivity index (χ2v) is 9.64. The number of ether oxygens (including phenoxy) is 1. The van der Waals surface area contributed by atoms with Crippen LogP contribution in [-0.4, -0.2) is 52.2 Å². The summed E-state index contributed by atoms with van der Waals surface area (Å²) in [5, 5.41) is 1.68. The van der Waals surface area contributed by atoms with Crippen LogP contribution >= 0.6 is 11.8 Å². The molecule has 1 atom stereocenters. The number of nitrogens with zero attached hydrogens (tertiary/aromatic N) is 3. The molecule has 160 valence electrons. The van der Waals surface area contributed by atoms with Crippen LogP contribution in [-0.2, 0) is 24.1 Å². The lowest BCUT2D eigenvalue weighted by molar-refractivity contribution is 0.0330. The zero-order valence-electron chi connectivity index (χ0n) is 17.8. The minimum absolute atomic E-state index is 0.164. The molecule has 3 aromatic rings. The van der Waals surface area contributed by atoms with Crippen LogP contribution in [0.15, 0.2) is 47.5 Å². The molecule has 0 amide bonds. The fourth-order valence-electron chi connectivity index (χ4n) is 4.39. The molecule has 5 nitrogen and oxygen atoms in total. The Balaban J connectivity index is 1.39. The van der Waals surface area contributed by atoms with Crippen molar-refractivity contribution in [2.45, 2.75) is 43.0 Å². The molecule has 1 aliphatic carbocycles. The molecule has 1 unspecified atom stereocenters. The number of hydrogen-bond acceptors (Lipinski definition) is 6. The van der Waals surface area contributed by atoms with E-state index in [4.69, 9.17) is 14.7 Å². The third kappa shape index (κ3) is 4.52. The Bertz CT molecular complexity index is 1110. The normalized spacial score (nSPS) is 17.6. The van der Waals surface area contributed by atoms with Gasteiger partial charge in [0.2, 0.25) is 0 Å². The van der Waals surface area contributed by atoms with Gasteiger partial charge in [0, 0.05) is 24.0 Å². The van der Waals surface area contributed by atoms with Crippen LogP contribution in [0.2, 0.25) is 0 Å². The maximum Gasteiger partial charge on any atom is 0.175 e. The van der Waals surface area contributed by atoms with E-state index in [9.17, 15) is 4.79 Å². The summed E-state index contributed by atoms with van der Waals surface area (Å²) in [6, 6.07) is 14.3. The first-order valence-electron chi connectivity index (χ1n) is 11.1. The van der Waals surface area contributed by atoms with Crippen molar-refractivity contribution in [3.63, 3.8) is 0 Å². The number of para-hydroxylation sites is 1. The molecule has 2 aromatic carbocycles. The van der Waals surface area contributed by atoms with Crippen LogP contribution in [0.5, 0.6) is 0 Å². The van der Waals surface area contributed by atoms with Crippen LogP contribution in [0.1, 0.15) is 40.7 Å². The topological polar surface area (TPSA) is 55.3 Å². The Hall–Kier alpha value is -2.28. The molecule has 6 heteroatoms. The van der Waals surface area contributed by atoms with Gasteiger partial charge < -0.3 is 4.74 Å². The van der Waals surface area contributed by atoms with Crippen molar-refractivity contribution in [1.29, 1.82) is 0 Å². The van der Waals surface area contributed by atoms with Gasteiger partial charge in [-0.3, -0.25) is 9.69 Å². The smallest absolute Gasteiger partial charge is 0.175 e. The zero-order chi connectivity index (χ0) is 21.2. The van der Waals surface area contributed by atoms with E-state index >= 15 is 0 Å². The number of carbonyl (C=O) groups excluding carboxylic acids is 1. The average Bonchev–Trinajstić information content (AvgIpc) is 3.27. The Kier molecular flexibility index (Phi) is 6.03. The minimum Gasteiger partial charge on any atom is -0.379 e. The highest BCUT2D eigenvalue weighted by Gasteiger charge is 2.22. The predicted octanol–water partition coefficient (Wildman–Crippen LogP) is 4.31. The summed E-state index contributed by atoms with van der Waals surface area (Å²) in [7, 11) is 0. The molecule has 1 aliphatic heterocycles. The largest absolute Gasteiger partial charge is 0.379 e. The number of fused-ring (bicyclic) bond motifs is 2. The lowest BCUT2D eigenvalue weighted by Crippen LogP contribution is -2.36. The maximum absolute atomic E-state index is 13.2. The van der Waals surface area contributed by atoms with Gasteiger partial charge in [-0.15, -0.1) is 0 Å². The summed E-state index contributed by atoms with van der Waals surface area (Å²) < 4.78 is 5.46. The molecule has 0 spiro atoms. The van der Waals surface area contributed by atoms with E-state index in [1.807, 2.05) is 37.3 Å². The summed E-state index contributed by atoms with van der Waals surface area (Å²) in [5.41, 5.74) is 4.47. The number of morpholine rings is 1. The Morgan fingerprint density at radius 3 is 2.77 bits per heavy atom. The maximum atomic E-state index is 13.2. The van der Waals surface area contributed by atoms with Gasteiger partial charge in [-0.1, -0.05) is 42.1 Å². The van der Waals surface area contributed by atoms with Crippen molar-refractivity contribution in [2.24, 2.45) is 0 Å². The lowest BCUT2D eigenvalue weighted by atomic mass is 10.0. The molecule has 1 aromatic heterocycles. The number of thioether (sulfide) groups is 1. The third-order valence-corrected chi connectivity index (χ3v) is 7.23. The fourth-order valence-corrected chi connectivity index (χ4v) is 5.43. The molecular formula is C25H27N3O2S. The second kappa shape index (κ2) is 9.07. The van der Waals surface area contributed by atoms with E-state index in [0.717, 1.165) is 66.5 Å². The fraction of sp³-hybridized carbons (Fsp3) is 0.400. The van der Waals surface area contributed by atoms with E-state index in [1.165, 1.54) is 17.5 Å². The Labute approximate surface area is 187 Å². The number of hydrogen-bond donors (Lipinski definition) is 0. The van der Waals surface area contributed by atoms with E-state index in [2.05, 4.69) is 17.0 Å². The number of ketones is 1. The second-order valence-electron chi connectivity index (χ2n) is 8.31. The molecular weight excluding hydrogens is 406 g/mol. The van der Waals surface area contributed by atoms with Crippen LogP contribution in [0.25, 0.3) is 10.9 Å². The summed E-state index contributed by atoms with van der Waals surface area (Å²) in [5.74, 6) is 0.970. The summed E-state index contributed by atoms with van der Waals surface area (Å²) in [6.45, 7) is 5.98. The molecule has 1 saturated heterocycles. The first-order valence-corrected chi connectivity index (χ1v) is 11.9. The van der Waals surface area contributed by atoms with E-state index in [1.54, 1.807) is 11.8 Å². The van der Waals surface area contributed by atoms with Gasteiger partial charge in [-0.25, -0.2) is 9.97 Å². The van der Waals surface area contributed by atoms with Crippen LogP contribution in [0.3, 0.4) is 0 Å². The Morgan fingerprint density at radius 2 is 1.90 bits per heavy atom. The van der Waals surface area contributed by atoms with Gasteiger partial charge in [-0.05, 0) is 49.4 Å². The van der Waals surface area contributed by atoms with Gasteiger partial charge >= 0.3 is 0 Å². The predicted molar refractivity (Wildman–Crippen MR) is 124 cm³/mol. The first kappa shape index (κ1) is 20.6.